The molecule has 0 saturated heterocycles. The van der Waals surface area contributed by atoms with E-state index in [-0.39, 0.29) is 4.47 Å². The van der Waals surface area contributed by atoms with Crippen molar-refractivity contribution in [3.63, 3.8) is 0 Å². The summed E-state index contributed by atoms with van der Waals surface area (Å²) in [6.07, 6.45) is -4.76. The van der Waals surface area contributed by atoms with Crippen LogP contribution in [0.25, 0.3) is 0 Å². The highest BCUT2D eigenvalue weighted by atomic mass is 79.9. The van der Waals surface area contributed by atoms with Gasteiger partial charge in [-0.1, -0.05) is 0 Å². The van der Waals surface area contributed by atoms with Gasteiger partial charge in [0.2, 0.25) is 0 Å². The van der Waals surface area contributed by atoms with Gasteiger partial charge in [-0.2, -0.15) is 21.6 Å². The van der Waals surface area contributed by atoms with E-state index in [0.29, 0.717) is 0 Å². The van der Waals surface area contributed by atoms with E-state index in [2.05, 4.69) is 20.1 Å². The Labute approximate surface area is 103 Å². The van der Waals surface area contributed by atoms with Crippen molar-refractivity contribution in [2.75, 3.05) is 6.61 Å². The van der Waals surface area contributed by atoms with Crippen LogP contribution in [0.15, 0.2) is 27.6 Å². The minimum atomic E-state index is -4.76. The SMILES string of the molecule is O=S(=O)(OCC(F)(F)F)c1ccc(F)c(Br)c1. The van der Waals surface area contributed by atoms with Gasteiger partial charge >= 0.3 is 6.18 Å². The summed E-state index contributed by atoms with van der Waals surface area (Å²) in [5.41, 5.74) is 0. The Morgan fingerprint density at radius 2 is 1.88 bits per heavy atom. The number of alkyl halides is 3. The Bertz CT molecular complexity index is 512. The predicted molar refractivity (Wildman–Crippen MR) is 53.3 cm³/mol. The van der Waals surface area contributed by atoms with Crippen LogP contribution in [-0.4, -0.2) is 21.2 Å². The van der Waals surface area contributed by atoms with Crippen molar-refractivity contribution in [2.24, 2.45) is 0 Å². The molecular formula is C8H5BrF4O3S. The minimum Gasteiger partial charge on any atom is -0.257 e. The molecule has 17 heavy (non-hydrogen) atoms. The summed E-state index contributed by atoms with van der Waals surface area (Å²) in [4.78, 5) is -0.560. The lowest BCUT2D eigenvalue weighted by molar-refractivity contribution is -0.152. The van der Waals surface area contributed by atoms with Gasteiger partial charge in [-0.15, -0.1) is 0 Å². The third-order valence-electron chi connectivity index (χ3n) is 1.56. The van der Waals surface area contributed by atoms with Crippen molar-refractivity contribution >= 4 is 26.0 Å². The first-order valence-corrected chi connectivity index (χ1v) is 6.23. The summed E-state index contributed by atoms with van der Waals surface area (Å²) >= 11 is 2.71. The Balaban J connectivity index is 2.94. The van der Waals surface area contributed by atoms with E-state index < -0.39 is 33.6 Å². The van der Waals surface area contributed by atoms with E-state index in [0.717, 1.165) is 18.2 Å². The molecule has 1 aromatic rings. The van der Waals surface area contributed by atoms with Crippen molar-refractivity contribution in [1.29, 1.82) is 0 Å². The second-order valence-corrected chi connectivity index (χ2v) is 5.38. The molecule has 1 rings (SSSR count). The van der Waals surface area contributed by atoms with Gasteiger partial charge in [-0.25, -0.2) is 4.39 Å². The van der Waals surface area contributed by atoms with Crippen LogP contribution in [0.5, 0.6) is 0 Å². The molecule has 0 aliphatic rings. The second-order valence-electron chi connectivity index (χ2n) is 2.91. The third kappa shape index (κ3) is 4.25. The van der Waals surface area contributed by atoms with E-state index in [1.807, 2.05) is 0 Å². The van der Waals surface area contributed by atoms with Crippen molar-refractivity contribution in [3.8, 4) is 0 Å². The average Bonchev–Trinajstić information content (AvgIpc) is 2.18. The first-order chi connectivity index (χ1) is 7.62. The lowest BCUT2D eigenvalue weighted by atomic mass is 10.3. The molecule has 9 heteroatoms. The second kappa shape index (κ2) is 4.91. The lowest BCUT2D eigenvalue weighted by Gasteiger charge is -2.08. The van der Waals surface area contributed by atoms with Crippen LogP contribution in [0.4, 0.5) is 17.6 Å². The van der Waals surface area contributed by atoms with E-state index in [4.69, 9.17) is 0 Å². The van der Waals surface area contributed by atoms with Gasteiger partial charge in [0.15, 0.2) is 6.61 Å². The van der Waals surface area contributed by atoms with Crippen LogP contribution in [0, 0.1) is 5.82 Å². The first-order valence-electron chi connectivity index (χ1n) is 4.03. The maximum atomic E-state index is 12.8. The summed E-state index contributed by atoms with van der Waals surface area (Å²) < 4.78 is 74.3. The molecule has 0 radical (unpaired) electrons. The maximum absolute atomic E-state index is 12.8. The minimum absolute atomic E-state index is 0.186. The number of hydrogen-bond donors (Lipinski definition) is 0. The lowest BCUT2D eigenvalue weighted by Crippen LogP contribution is -2.20. The van der Waals surface area contributed by atoms with Gasteiger partial charge in [0.1, 0.15) is 5.82 Å². The fourth-order valence-electron chi connectivity index (χ4n) is 0.845. The molecule has 0 atom stereocenters. The van der Waals surface area contributed by atoms with Crippen molar-refractivity contribution in [1.82, 2.24) is 0 Å². The molecule has 0 fully saturated rings. The Morgan fingerprint density at radius 3 is 2.35 bits per heavy atom. The van der Waals surface area contributed by atoms with E-state index in [1.165, 1.54) is 0 Å². The topological polar surface area (TPSA) is 43.4 Å². The highest BCUT2D eigenvalue weighted by Crippen LogP contribution is 2.23. The van der Waals surface area contributed by atoms with Crippen LogP contribution in [0.3, 0.4) is 0 Å². The van der Waals surface area contributed by atoms with Crippen molar-refractivity contribution in [3.05, 3.63) is 28.5 Å². The van der Waals surface area contributed by atoms with Crippen LogP contribution < -0.4 is 0 Å². The number of hydrogen-bond acceptors (Lipinski definition) is 3. The zero-order chi connectivity index (χ0) is 13.3. The van der Waals surface area contributed by atoms with Crippen LogP contribution >= 0.6 is 15.9 Å². The van der Waals surface area contributed by atoms with Gasteiger partial charge in [-0.05, 0) is 34.1 Å². The van der Waals surface area contributed by atoms with Gasteiger partial charge in [-0.3, -0.25) is 4.18 Å². The summed E-state index contributed by atoms with van der Waals surface area (Å²) in [5, 5.41) is 0. The monoisotopic (exact) mass is 336 g/mol. The van der Waals surface area contributed by atoms with Crippen molar-refractivity contribution < 1.29 is 30.2 Å². The van der Waals surface area contributed by atoms with E-state index in [1.54, 1.807) is 0 Å². The first kappa shape index (κ1) is 14.4. The zero-order valence-electron chi connectivity index (χ0n) is 7.96. The highest BCUT2D eigenvalue weighted by Gasteiger charge is 2.31. The normalized spacial score (nSPS) is 12.8. The number of rotatable bonds is 3. The summed E-state index contributed by atoms with van der Waals surface area (Å²) in [5.74, 6) is -0.736. The molecule has 0 unspecified atom stereocenters. The zero-order valence-corrected chi connectivity index (χ0v) is 10.4. The Morgan fingerprint density at radius 1 is 1.29 bits per heavy atom. The van der Waals surface area contributed by atoms with Gasteiger partial charge in [0.25, 0.3) is 10.1 Å². The number of benzene rings is 1. The molecule has 1 aromatic carbocycles. The third-order valence-corrected chi connectivity index (χ3v) is 3.42. The molecule has 0 aliphatic carbocycles. The Kier molecular flexibility index (Phi) is 4.15. The standard InChI is InChI=1S/C8H5BrF4O3S/c9-6-3-5(1-2-7(6)10)17(14,15)16-4-8(11,12)13/h1-3H,4H2. The molecule has 0 spiro atoms. The predicted octanol–water partition coefficient (Wildman–Crippen LogP) is 2.86. The molecule has 0 saturated carbocycles. The van der Waals surface area contributed by atoms with E-state index >= 15 is 0 Å². The summed E-state index contributed by atoms with van der Waals surface area (Å²) in [7, 11) is -4.55. The maximum Gasteiger partial charge on any atom is 0.413 e. The molecule has 0 bridgehead atoms. The van der Waals surface area contributed by atoms with Crippen molar-refractivity contribution in [2.45, 2.75) is 11.1 Å². The van der Waals surface area contributed by atoms with Gasteiger partial charge in [0.05, 0.1) is 9.37 Å². The summed E-state index contributed by atoms with van der Waals surface area (Å²) in [6.45, 7) is -1.93. The fraction of sp³-hybridized carbons (Fsp3) is 0.250. The summed E-state index contributed by atoms with van der Waals surface area (Å²) in [6, 6.07) is 2.43. The average molecular weight is 337 g/mol. The Hall–Kier alpha value is -0.670. The quantitative estimate of drug-likeness (QED) is 0.629. The largest absolute Gasteiger partial charge is 0.413 e. The van der Waals surface area contributed by atoms with Gasteiger partial charge < -0.3 is 0 Å². The molecule has 0 aromatic heterocycles. The van der Waals surface area contributed by atoms with Gasteiger partial charge in [0, 0.05) is 0 Å². The molecule has 0 heterocycles. The molecule has 0 N–H and O–H groups in total. The van der Waals surface area contributed by atoms with Crippen LogP contribution in [0.1, 0.15) is 0 Å². The van der Waals surface area contributed by atoms with Crippen LogP contribution in [0.2, 0.25) is 0 Å². The molecule has 0 amide bonds. The van der Waals surface area contributed by atoms with E-state index in [9.17, 15) is 26.0 Å². The highest BCUT2D eigenvalue weighted by molar-refractivity contribution is 9.10. The smallest absolute Gasteiger partial charge is 0.257 e. The fourth-order valence-corrected chi connectivity index (χ4v) is 2.30. The molecular weight excluding hydrogens is 332 g/mol. The van der Waals surface area contributed by atoms with Crippen LogP contribution in [-0.2, 0) is 14.3 Å². The molecule has 96 valence electrons. The number of halogens is 5. The molecule has 3 nitrogen and oxygen atoms in total. The molecule has 0 aliphatic heterocycles.